The average molecular weight is 237 g/mol. The van der Waals surface area contributed by atoms with Crippen molar-refractivity contribution in [3.63, 3.8) is 0 Å². The van der Waals surface area contributed by atoms with E-state index in [4.69, 9.17) is 4.74 Å². The van der Waals surface area contributed by atoms with Crippen LogP contribution < -0.4 is 10.1 Å². The lowest BCUT2D eigenvalue weighted by Gasteiger charge is -2.15. The molecule has 1 aliphatic heterocycles. The third-order valence-corrected chi connectivity index (χ3v) is 2.68. The second kappa shape index (κ2) is 5.03. The number of nitrogens with zero attached hydrogens (tertiary/aromatic N) is 2. The van der Waals surface area contributed by atoms with Crippen molar-refractivity contribution in [3.05, 3.63) is 29.6 Å². The predicted molar refractivity (Wildman–Crippen MR) is 64.7 cm³/mol. The Balaban J connectivity index is 2.01. The maximum absolute atomic E-state index is 13.2. The van der Waals surface area contributed by atoms with Gasteiger partial charge >= 0.3 is 0 Å². The van der Waals surface area contributed by atoms with Gasteiger partial charge in [-0.3, -0.25) is 4.99 Å². The van der Waals surface area contributed by atoms with Crippen LogP contribution >= 0.6 is 0 Å². The summed E-state index contributed by atoms with van der Waals surface area (Å²) in [5, 5.41) is 3.18. The van der Waals surface area contributed by atoms with Gasteiger partial charge in [0.2, 0.25) is 0 Å². The van der Waals surface area contributed by atoms with Gasteiger partial charge < -0.3 is 15.0 Å². The molecule has 2 rings (SSSR count). The summed E-state index contributed by atoms with van der Waals surface area (Å²) in [6.45, 7) is 2.28. The van der Waals surface area contributed by atoms with Gasteiger partial charge in [0.25, 0.3) is 0 Å². The molecule has 5 heteroatoms. The van der Waals surface area contributed by atoms with Crippen LogP contribution in [0.2, 0.25) is 0 Å². The highest BCUT2D eigenvalue weighted by molar-refractivity contribution is 5.81. The van der Waals surface area contributed by atoms with Crippen LogP contribution in [-0.4, -0.2) is 38.1 Å². The molecule has 17 heavy (non-hydrogen) atoms. The first-order valence-corrected chi connectivity index (χ1v) is 5.52. The summed E-state index contributed by atoms with van der Waals surface area (Å²) in [7, 11) is 3.51. The molecule has 1 aromatic carbocycles. The monoisotopic (exact) mass is 237 g/mol. The second-order valence-electron chi connectivity index (χ2n) is 3.98. The maximum atomic E-state index is 13.2. The normalized spacial score (nSPS) is 14.8. The molecule has 1 heterocycles. The first kappa shape index (κ1) is 11.7. The first-order valence-electron chi connectivity index (χ1n) is 5.52. The minimum Gasteiger partial charge on any atom is -0.497 e. The number of nitrogens with one attached hydrogen (secondary N) is 1. The van der Waals surface area contributed by atoms with Crippen molar-refractivity contribution in [3.8, 4) is 5.75 Å². The Morgan fingerprint density at radius 3 is 2.94 bits per heavy atom. The zero-order chi connectivity index (χ0) is 12.3. The largest absolute Gasteiger partial charge is 0.497 e. The van der Waals surface area contributed by atoms with E-state index in [-0.39, 0.29) is 5.82 Å². The fraction of sp³-hybridized carbons (Fsp3) is 0.417. The van der Waals surface area contributed by atoms with Crippen molar-refractivity contribution in [2.45, 2.75) is 6.54 Å². The molecule has 0 radical (unpaired) electrons. The highest BCUT2D eigenvalue weighted by Gasteiger charge is 2.11. The van der Waals surface area contributed by atoms with Crippen LogP contribution in [-0.2, 0) is 6.54 Å². The SMILES string of the molecule is COc1cc(F)cc(CNC2=NCCN2C)c1. The number of hydrogen-bond acceptors (Lipinski definition) is 4. The molecular formula is C12H16FN3O. The van der Waals surface area contributed by atoms with Crippen LogP contribution in [0, 0.1) is 5.82 Å². The van der Waals surface area contributed by atoms with Gasteiger partial charge in [0.1, 0.15) is 11.6 Å². The minimum absolute atomic E-state index is 0.289. The molecule has 0 fully saturated rings. The van der Waals surface area contributed by atoms with E-state index in [2.05, 4.69) is 10.3 Å². The number of methoxy groups -OCH3 is 1. The molecule has 1 aromatic rings. The zero-order valence-electron chi connectivity index (χ0n) is 10.0. The van der Waals surface area contributed by atoms with E-state index < -0.39 is 0 Å². The van der Waals surface area contributed by atoms with E-state index in [1.54, 1.807) is 0 Å². The van der Waals surface area contributed by atoms with Gasteiger partial charge in [-0.1, -0.05) is 0 Å². The van der Waals surface area contributed by atoms with Crippen molar-refractivity contribution in [1.29, 1.82) is 0 Å². The van der Waals surface area contributed by atoms with E-state index in [1.165, 1.54) is 19.2 Å². The molecule has 0 spiro atoms. The van der Waals surface area contributed by atoms with Gasteiger partial charge in [-0.05, 0) is 17.7 Å². The number of benzene rings is 1. The summed E-state index contributed by atoms with van der Waals surface area (Å²) < 4.78 is 18.3. The van der Waals surface area contributed by atoms with Crippen LogP contribution in [0.4, 0.5) is 4.39 Å². The molecule has 0 amide bonds. The fourth-order valence-electron chi connectivity index (χ4n) is 1.75. The molecule has 0 saturated heterocycles. The lowest BCUT2D eigenvalue weighted by atomic mass is 10.2. The zero-order valence-corrected chi connectivity index (χ0v) is 10.0. The van der Waals surface area contributed by atoms with Gasteiger partial charge in [-0.25, -0.2) is 4.39 Å². The predicted octanol–water partition coefficient (Wildman–Crippen LogP) is 1.23. The van der Waals surface area contributed by atoms with Gasteiger partial charge in [-0.2, -0.15) is 0 Å². The number of hydrogen-bond donors (Lipinski definition) is 1. The Hall–Kier alpha value is -1.78. The summed E-state index contributed by atoms with van der Waals surface area (Å²) in [5.41, 5.74) is 0.838. The molecule has 0 atom stereocenters. The number of ether oxygens (including phenoxy) is 1. The first-order chi connectivity index (χ1) is 8.19. The topological polar surface area (TPSA) is 36.9 Å². The maximum Gasteiger partial charge on any atom is 0.194 e. The summed E-state index contributed by atoms with van der Waals surface area (Å²) in [6, 6.07) is 4.67. The van der Waals surface area contributed by atoms with E-state index in [1.807, 2.05) is 18.0 Å². The molecule has 1 aliphatic rings. The highest BCUT2D eigenvalue weighted by atomic mass is 19.1. The molecule has 0 bridgehead atoms. The number of rotatable bonds is 3. The number of aliphatic imine (C=N–C) groups is 1. The Labute approximate surface area is 100 Å². The molecule has 0 aromatic heterocycles. The van der Waals surface area contributed by atoms with E-state index in [0.717, 1.165) is 24.6 Å². The van der Waals surface area contributed by atoms with Gasteiger partial charge in [0.05, 0.1) is 13.7 Å². The summed E-state index contributed by atoms with van der Waals surface area (Å²) in [5.74, 6) is 1.10. The van der Waals surface area contributed by atoms with E-state index in [9.17, 15) is 4.39 Å². The Morgan fingerprint density at radius 2 is 2.29 bits per heavy atom. The molecule has 4 nitrogen and oxygen atoms in total. The van der Waals surface area contributed by atoms with E-state index >= 15 is 0 Å². The summed E-state index contributed by atoms with van der Waals surface area (Å²) in [4.78, 5) is 6.34. The Bertz CT molecular complexity index is 434. The lowest BCUT2D eigenvalue weighted by Crippen LogP contribution is -2.35. The number of halogens is 1. The minimum atomic E-state index is -0.289. The molecule has 0 aliphatic carbocycles. The van der Waals surface area contributed by atoms with Crippen LogP contribution in [0.15, 0.2) is 23.2 Å². The third-order valence-electron chi connectivity index (χ3n) is 2.68. The quantitative estimate of drug-likeness (QED) is 0.859. The Morgan fingerprint density at radius 1 is 1.47 bits per heavy atom. The van der Waals surface area contributed by atoms with Crippen LogP contribution in [0.5, 0.6) is 5.75 Å². The number of guanidine groups is 1. The lowest BCUT2D eigenvalue weighted by molar-refractivity contribution is 0.410. The van der Waals surface area contributed by atoms with Crippen LogP contribution in [0.1, 0.15) is 5.56 Å². The third kappa shape index (κ3) is 2.87. The van der Waals surface area contributed by atoms with Crippen LogP contribution in [0.25, 0.3) is 0 Å². The van der Waals surface area contributed by atoms with Crippen molar-refractivity contribution >= 4 is 5.96 Å². The fourth-order valence-corrected chi connectivity index (χ4v) is 1.75. The molecule has 0 unspecified atom stereocenters. The highest BCUT2D eigenvalue weighted by Crippen LogP contribution is 2.15. The molecular weight excluding hydrogens is 221 g/mol. The molecule has 92 valence electrons. The van der Waals surface area contributed by atoms with Crippen LogP contribution in [0.3, 0.4) is 0 Å². The van der Waals surface area contributed by atoms with E-state index in [0.29, 0.717) is 12.3 Å². The second-order valence-corrected chi connectivity index (χ2v) is 3.98. The van der Waals surface area contributed by atoms with Crippen molar-refractivity contribution in [2.75, 3.05) is 27.2 Å². The van der Waals surface area contributed by atoms with Gasteiger partial charge in [-0.15, -0.1) is 0 Å². The Kier molecular flexibility index (Phi) is 3.46. The van der Waals surface area contributed by atoms with Crippen molar-refractivity contribution in [2.24, 2.45) is 4.99 Å². The summed E-state index contributed by atoms with van der Waals surface area (Å²) in [6.07, 6.45) is 0. The standard InChI is InChI=1S/C12H16FN3O/c1-16-4-3-14-12(16)15-8-9-5-10(13)7-11(6-9)17-2/h5-7H,3-4,8H2,1-2H3,(H,14,15). The smallest absolute Gasteiger partial charge is 0.194 e. The molecule has 1 N–H and O–H groups in total. The van der Waals surface area contributed by atoms with Gasteiger partial charge in [0.15, 0.2) is 5.96 Å². The number of likely N-dealkylation sites (N-methyl/N-ethyl adjacent to an activating group) is 1. The average Bonchev–Trinajstić information content (AvgIpc) is 2.71. The van der Waals surface area contributed by atoms with Crippen molar-refractivity contribution < 1.29 is 9.13 Å². The van der Waals surface area contributed by atoms with Crippen molar-refractivity contribution in [1.82, 2.24) is 10.2 Å². The molecule has 0 saturated carbocycles. The summed E-state index contributed by atoms with van der Waals surface area (Å²) >= 11 is 0. The van der Waals surface area contributed by atoms with Gasteiger partial charge in [0, 0.05) is 26.2 Å².